The quantitative estimate of drug-likeness (QED) is 0.866. The highest BCUT2D eigenvalue weighted by atomic mass is 19.3. The molecule has 2 atom stereocenters. The maximum Gasteiger partial charge on any atom is 0.309 e. The van der Waals surface area contributed by atoms with Gasteiger partial charge in [0.1, 0.15) is 0 Å². The molecule has 2 unspecified atom stereocenters. The molecule has 1 N–H and O–H groups in total. The number of hydrogen-bond acceptors (Lipinski definition) is 1. The van der Waals surface area contributed by atoms with E-state index in [0.717, 1.165) is 12.8 Å². The molecule has 1 aromatic carbocycles. The molecule has 1 aromatic rings. The number of carboxylic acids is 1. The Labute approximate surface area is 117 Å². The van der Waals surface area contributed by atoms with E-state index in [2.05, 4.69) is 0 Å². The molecule has 1 aliphatic rings. The van der Waals surface area contributed by atoms with E-state index in [1.54, 1.807) is 18.2 Å². The summed E-state index contributed by atoms with van der Waals surface area (Å²) in [6.45, 7) is 1.98. The zero-order valence-electron chi connectivity index (χ0n) is 11.6. The smallest absolute Gasteiger partial charge is 0.309 e. The van der Waals surface area contributed by atoms with Crippen LogP contribution in [0.15, 0.2) is 30.3 Å². The molecule has 0 aromatic heterocycles. The molecule has 0 spiro atoms. The highest BCUT2D eigenvalue weighted by Gasteiger charge is 2.51. The standard InChI is InChI=1S/C16H20F2O2/c1-2-12-8-9-15(10-12,14(19)20)11-16(17,18)13-6-4-3-5-7-13/h3-7,12H,2,8-11H2,1H3,(H,19,20). The SMILES string of the molecule is CCC1CCC(CC(F)(F)c2ccccc2)(C(=O)O)C1. The number of halogens is 2. The van der Waals surface area contributed by atoms with Gasteiger partial charge in [-0.1, -0.05) is 43.7 Å². The highest BCUT2D eigenvalue weighted by molar-refractivity contribution is 5.75. The zero-order valence-corrected chi connectivity index (χ0v) is 11.6. The Kier molecular flexibility index (Phi) is 4.11. The Morgan fingerprint density at radius 3 is 2.55 bits per heavy atom. The molecule has 0 aliphatic heterocycles. The molecule has 110 valence electrons. The average Bonchev–Trinajstić information content (AvgIpc) is 2.84. The van der Waals surface area contributed by atoms with Gasteiger partial charge in [-0.15, -0.1) is 0 Å². The van der Waals surface area contributed by atoms with E-state index >= 15 is 0 Å². The Hall–Kier alpha value is -1.45. The first-order valence-electron chi connectivity index (χ1n) is 7.06. The Morgan fingerprint density at radius 2 is 2.05 bits per heavy atom. The summed E-state index contributed by atoms with van der Waals surface area (Å²) in [7, 11) is 0. The second kappa shape index (κ2) is 5.51. The van der Waals surface area contributed by atoms with E-state index in [0.29, 0.717) is 12.8 Å². The lowest BCUT2D eigenvalue weighted by atomic mass is 9.78. The lowest BCUT2D eigenvalue weighted by Crippen LogP contribution is -2.34. The number of carbonyl (C=O) groups is 1. The van der Waals surface area contributed by atoms with Gasteiger partial charge >= 0.3 is 5.97 Å². The first kappa shape index (κ1) is 14.9. The summed E-state index contributed by atoms with van der Waals surface area (Å²) < 4.78 is 28.8. The minimum absolute atomic E-state index is 0.0967. The minimum atomic E-state index is -3.09. The summed E-state index contributed by atoms with van der Waals surface area (Å²) in [4.78, 5) is 11.6. The van der Waals surface area contributed by atoms with E-state index in [-0.39, 0.29) is 11.5 Å². The summed E-state index contributed by atoms with van der Waals surface area (Å²) in [5, 5.41) is 9.45. The van der Waals surface area contributed by atoms with E-state index < -0.39 is 23.7 Å². The number of aliphatic carboxylic acids is 1. The van der Waals surface area contributed by atoms with E-state index in [1.165, 1.54) is 12.1 Å². The topological polar surface area (TPSA) is 37.3 Å². The molecule has 0 radical (unpaired) electrons. The lowest BCUT2D eigenvalue weighted by Gasteiger charge is -2.29. The Morgan fingerprint density at radius 1 is 1.40 bits per heavy atom. The van der Waals surface area contributed by atoms with Crippen LogP contribution in [0.4, 0.5) is 8.78 Å². The van der Waals surface area contributed by atoms with Crippen molar-refractivity contribution in [1.29, 1.82) is 0 Å². The second-order valence-electron chi connectivity index (χ2n) is 5.85. The van der Waals surface area contributed by atoms with Crippen LogP contribution >= 0.6 is 0 Å². The largest absolute Gasteiger partial charge is 0.481 e. The zero-order chi connectivity index (χ0) is 14.8. The number of hydrogen-bond donors (Lipinski definition) is 1. The third kappa shape index (κ3) is 2.84. The van der Waals surface area contributed by atoms with Gasteiger partial charge in [0.25, 0.3) is 5.92 Å². The summed E-state index contributed by atoms with van der Waals surface area (Å²) >= 11 is 0. The molecule has 2 nitrogen and oxygen atoms in total. The highest BCUT2D eigenvalue weighted by Crippen LogP contribution is 2.51. The van der Waals surface area contributed by atoms with Gasteiger partial charge in [0.05, 0.1) is 5.41 Å². The van der Waals surface area contributed by atoms with Gasteiger partial charge in [-0.05, 0) is 25.2 Å². The van der Waals surface area contributed by atoms with Crippen LogP contribution in [0.3, 0.4) is 0 Å². The monoisotopic (exact) mass is 282 g/mol. The summed E-state index contributed by atoms with van der Waals surface area (Å²) in [6, 6.07) is 7.51. The molecular weight excluding hydrogens is 262 g/mol. The predicted octanol–water partition coefficient (Wildman–Crippen LogP) is 4.45. The maximum absolute atomic E-state index is 14.4. The average molecular weight is 282 g/mol. The fourth-order valence-electron chi connectivity index (χ4n) is 3.23. The second-order valence-corrected chi connectivity index (χ2v) is 5.85. The van der Waals surface area contributed by atoms with Crippen LogP contribution in [-0.2, 0) is 10.7 Å². The first-order chi connectivity index (χ1) is 9.39. The normalized spacial score (nSPS) is 26.6. The molecule has 1 aliphatic carbocycles. The molecule has 1 fully saturated rings. The molecule has 0 amide bonds. The maximum atomic E-state index is 14.4. The number of benzene rings is 1. The first-order valence-corrected chi connectivity index (χ1v) is 7.06. The predicted molar refractivity (Wildman–Crippen MR) is 72.7 cm³/mol. The van der Waals surface area contributed by atoms with Crippen molar-refractivity contribution in [3.8, 4) is 0 Å². The molecule has 1 saturated carbocycles. The lowest BCUT2D eigenvalue weighted by molar-refractivity contribution is -0.156. The van der Waals surface area contributed by atoms with E-state index in [9.17, 15) is 18.7 Å². The van der Waals surface area contributed by atoms with E-state index in [1.807, 2.05) is 6.92 Å². The van der Waals surface area contributed by atoms with Crippen LogP contribution in [0, 0.1) is 11.3 Å². The van der Waals surface area contributed by atoms with Crippen LogP contribution < -0.4 is 0 Å². The van der Waals surface area contributed by atoms with Crippen molar-refractivity contribution in [3.63, 3.8) is 0 Å². The van der Waals surface area contributed by atoms with Crippen molar-refractivity contribution in [3.05, 3.63) is 35.9 Å². The Balaban J connectivity index is 2.23. The van der Waals surface area contributed by atoms with E-state index in [4.69, 9.17) is 0 Å². The molecule has 20 heavy (non-hydrogen) atoms. The van der Waals surface area contributed by atoms with Gasteiger partial charge < -0.3 is 5.11 Å². The molecule has 0 saturated heterocycles. The van der Waals surface area contributed by atoms with Crippen molar-refractivity contribution in [1.82, 2.24) is 0 Å². The summed E-state index contributed by atoms with van der Waals surface area (Å²) in [5.74, 6) is -3.93. The van der Waals surface area contributed by atoms with Gasteiger partial charge in [0.2, 0.25) is 0 Å². The van der Waals surface area contributed by atoms with Crippen LogP contribution in [0.25, 0.3) is 0 Å². The number of rotatable bonds is 5. The van der Waals surface area contributed by atoms with Gasteiger partial charge in [0.15, 0.2) is 0 Å². The van der Waals surface area contributed by atoms with Gasteiger partial charge in [-0.2, -0.15) is 0 Å². The molecule has 0 bridgehead atoms. The number of carboxylic acid groups (broad SMARTS) is 1. The minimum Gasteiger partial charge on any atom is -0.481 e. The van der Waals surface area contributed by atoms with Crippen LogP contribution in [0.5, 0.6) is 0 Å². The fourth-order valence-corrected chi connectivity index (χ4v) is 3.23. The summed E-state index contributed by atoms with van der Waals surface area (Å²) in [5.41, 5.74) is -1.37. The van der Waals surface area contributed by atoms with Gasteiger partial charge in [-0.25, -0.2) is 8.78 Å². The molecule has 0 heterocycles. The van der Waals surface area contributed by atoms with Crippen molar-refractivity contribution < 1.29 is 18.7 Å². The van der Waals surface area contributed by atoms with Crippen LogP contribution in [-0.4, -0.2) is 11.1 Å². The Bertz CT molecular complexity index is 473. The van der Waals surface area contributed by atoms with Gasteiger partial charge in [0, 0.05) is 12.0 Å². The van der Waals surface area contributed by atoms with Gasteiger partial charge in [-0.3, -0.25) is 4.79 Å². The van der Waals surface area contributed by atoms with Crippen molar-refractivity contribution in [2.45, 2.75) is 45.0 Å². The van der Waals surface area contributed by atoms with Crippen molar-refractivity contribution in [2.75, 3.05) is 0 Å². The third-order valence-corrected chi connectivity index (χ3v) is 4.50. The van der Waals surface area contributed by atoms with Crippen LogP contribution in [0.1, 0.15) is 44.6 Å². The van der Waals surface area contributed by atoms with Crippen molar-refractivity contribution >= 4 is 5.97 Å². The summed E-state index contributed by atoms with van der Waals surface area (Å²) in [6.07, 6.45) is 1.69. The fraction of sp³-hybridized carbons (Fsp3) is 0.562. The molecular formula is C16H20F2O2. The van der Waals surface area contributed by atoms with Crippen LogP contribution in [0.2, 0.25) is 0 Å². The molecule has 4 heteroatoms. The molecule has 2 rings (SSSR count). The van der Waals surface area contributed by atoms with Crippen molar-refractivity contribution in [2.24, 2.45) is 11.3 Å². The number of alkyl halides is 2. The third-order valence-electron chi connectivity index (χ3n) is 4.50.